The number of rotatable bonds is 3. The maximum atomic E-state index is 12.7. The molecule has 0 spiro atoms. The lowest BCUT2D eigenvalue weighted by atomic mass is 10.1. The van der Waals surface area contributed by atoms with Crippen molar-refractivity contribution in [3.8, 4) is 0 Å². The molecule has 8 heteroatoms. The van der Waals surface area contributed by atoms with Gasteiger partial charge in [-0.1, -0.05) is 0 Å². The minimum atomic E-state index is -3.44. The SMILES string of the molecule is CNC1CCN(S(=O)(=O)c2c[nH]c3ncccc23)CC1.Cl. The highest BCUT2D eigenvalue weighted by Gasteiger charge is 2.30. The van der Waals surface area contributed by atoms with Crippen LogP contribution in [-0.4, -0.2) is 48.9 Å². The third-order valence-corrected chi connectivity index (χ3v) is 5.83. The average molecular weight is 331 g/mol. The molecule has 0 saturated carbocycles. The molecule has 1 aliphatic heterocycles. The molecule has 0 amide bonds. The number of halogens is 1. The molecule has 1 saturated heterocycles. The van der Waals surface area contributed by atoms with Gasteiger partial charge in [0.05, 0.1) is 0 Å². The summed E-state index contributed by atoms with van der Waals surface area (Å²) < 4.78 is 27.0. The molecule has 3 heterocycles. The second kappa shape index (κ2) is 6.31. The predicted molar refractivity (Wildman–Crippen MR) is 84.2 cm³/mol. The van der Waals surface area contributed by atoms with Crippen molar-refractivity contribution in [2.45, 2.75) is 23.8 Å². The summed E-state index contributed by atoms with van der Waals surface area (Å²) in [5.41, 5.74) is 0.608. The number of sulfonamides is 1. The van der Waals surface area contributed by atoms with Crippen molar-refractivity contribution in [2.24, 2.45) is 0 Å². The van der Waals surface area contributed by atoms with Gasteiger partial charge in [-0.25, -0.2) is 13.4 Å². The largest absolute Gasteiger partial charge is 0.345 e. The van der Waals surface area contributed by atoms with Gasteiger partial charge in [-0.3, -0.25) is 0 Å². The number of H-pyrrole nitrogens is 1. The van der Waals surface area contributed by atoms with Crippen LogP contribution in [0.15, 0.2) is 29.4 Å². The quantitative estimate of drug-likeness (QED) is 0.890. The van der Waals surface area contributed by atoms with Crippen molar-refractivity contribution in [3.63, 3.8) is 0 Å². The normalized spacial score (nSPS) is 17.8. The maximum absolute atomic E-state index is 12.7. The minimum absolute atomic E-state index is 0. The number of aromatic amines is 1. The summed E-state index contributed by atoms with van der Waals surface area (Å²) in [7, 11) is -1.53. The van der Waals surface area contributed by atoms with E-state index in [-0.39, 0.29) is 12.4 Å². The average Bonchev–Trinajstić information content (AvgIpc) is 2.92. The highest BCUT2D eigenvalue weighted by molar-refractivity contribution is 7.89. The van der Waals surface area contributed by atoms with Crippen LogP contribution in [-0.2, 0) is 10.0 Å². The Labute approximate surface area is 130 Å². The van der Waals surface area contributed by atoms with E-state index in [1.807, 2.05) is 7.05 Å². The molecule has 21 heavy (non-hydrogen) atoms. The molecule has 0 radical (unpaired) electrons. The summed E-state index contributed by atoms with van der Waals surface area (Å²) in [5.74, 6) is 0. The first-order valence-electron chi connectivity index (χ1n) is 6.72. The van der Waals surface area contributed by atoms with Crippen molar-refractivity contribution in [1.82, 2.24) is 19.6 Å². The van der Waals surface area contributed by atoms with Crippen LogP contribution in [0.4, 0.5) is 0 Å². The summed E-state index contributed by atoms with van der Waals surface area (Å²) in [6.07, 6.45) is 4.87. The van der Waals surface area contributed by atoms with Gasteiger partial charge in [0.2, 0.25) is 10.0 Å². The topological polar surface area (TPSA) is 78.1 Å². The van der Waals surface area contributed by atoms with Crippen molar-refractivity contribution in [2.75, 3.05) is 20.1 Å². The Morgan fingerprint density at radius 3 is 2.76 bits per heavy atom. The van der Waals surface area contributed by atoms with E-state index in [9.17, 15) is 8.42 Å². The van der Waals surface area contributed by atoms with Gasteiger partial charge in [0.15, 0.2) is 0 Å². The lowest BCUT2D eigenvalue weighted by Gasteiger charge is -2.30. The summed E-state index contributed by atoms with van der Waals surface area (Å²) in [4.78, 5) is 7.38. The first-order chi connectivity index (χ1) is 9.63. The Kier molecular flexibility index (Phi) is 4.88. The Hall–Kier alpha value is -1.15. The van der Waals surface area contributed by atoms with Gasteiger partial charge in [0, 0.05) is 36.9 Å². The summed E-state index contributed by atoms with van der Waals surface area (Å²) in [6, 6.07) is 3.94. The molecule has 116 valence electrons. The van der Waals surface area contributed by atoms with Gasteiger partial charge >= 0.3 is 0 Å². The third-order valence-electron chi connectivity index (χ3n) is 3.89. The van der Waals surface area contributed by atoms with Crippen LogP contribution >= 0.6 is 12.4 Å². The van der Waals surface area contributed by atoms with Gasteiger partial charge in [-0.2, -0.15) is 4.31 Å². The molecule has 3 rings (SSSR count). The second-order valence-electron chi connectivity index (χ2n) is 5.02. The summed E-state index contributed by atoms with van der Waals surface area (Å²) in [6.45, 7) is 1.11. The monoisotopic (exact) mass is 330 g/mol. The van der Waals surface area contributed by atoms with E-state index in [2.05, 4.69) is 15.3 Å². The van der Waals surface area contributed by atoms with Crippen molar-refractivity contribution >= 4 is 33.5 Å². The Morgan fingerprint density at radius 2 is 2.10 bits per heavy atom. The van der Waals surface area contributed by atoms with E-state index in [1.165, 1.54) is 6.20 Å². The summed E-state index contributed by atoms with van der Waals surface area (Å²) in [5, 5.41) is 3.86. The molecular formula is C13H19ClN4O2S. The van der Waals surface area contributed by atoms with Crippen LogP contribution in [0.2, 0.25) is 0 Å². The first-order valence-corrected chi connectivity index (χ1v) is 8.16. The number of pyridine rings is 1. The third kappa shape index (κ3) is 2.91. The van der Waals surface area contributed by atoms with E-state index in [4.69, 9.17) is 0 Å². The Balaban J connectivity index is 0.00000161. The van der Waals surface area contributed by atoms with E-state index in [0.29, 0.717) is 35.1 Å². The molecule has 6 nitrogen and oxygen atoms in total. The fourth-order valence-electron chi connectivity index (χ4n) is 2.67. The molecule has 0 aliphatic carbocycles. The lowest BCUT2D eigenvalue weighted by Crippen LogP contribution is -2.43. The first kappa shape index (κ1) is 16.2. The zero-order chi connectivity index (χ0) is 14.2. The smallest absolute Gasteiger partial charge is 0.245 e. The van der Waals surface area contributed by atoms with Crippen LogP contribution < -0.4 is 5.32 Å². The maximum Gasteiger partial charge on any atom is 0.245 e. The van der Waals surface area contributed by atoms with Crippen LogP contribution in [0.3, 0.4) is 0 Å². The van der Waals surface area contributed by atoms with Crippen LogP contribution in [0.25, 0.3) is 11.0 Å². The van der Waals surface area contributed by atoms with Crippen molar-refractivity contribution in [3.05, 3.63) is 24.5 Å². The number of fused-ring (bicyclic) bond motifs is 1. The van der Waals surface area contributed by atoms with Gasteiger partial charge < -0.3 is 10.3 Å². The van der Waals surface area contributed by atoms with Gasteiger partial charge in [0.25, 0.3) is 0 Å². The molecule has 2 aromatic heterocycles. The molecule has 1 aliphatic rings. The molecule has 2 aromatic rings. The standard InChI is InChI=1S/C13H18N4O2S.ClH/c1-14-10-4-7-17(8-5-10)20(18,19)12-9-16-13-11(12)3-2-6-15-13;/h2-3,6,9-10,14H,4-5,7-8H2,1H3,(H,15,16);1H. The Morgan fingerprint density at radius 1 is 1.38 bits per heavy atom. The zero-order valence-electron chi connectivity index (χ0n) is 11.7. The number of piperidine rings is 1. The molecular weight excluding hydrogens is 312 g/mol. The van der Waals surface area contributed by atoms with Crippen molar-refractivity contribution in [1.29, 1.82) is 0 Å². The number of aromatic nitrogens is 2. The second-order valence-corrected chi connectivity index (χ2v) is 6.93. The van der Waals surface area contributed by atoms with Gasteiger partial charge in [-0.15, -0.1) is 12.4 Å². The molecule has 2 N–H and O–H groups in total. The zero-order valence-corrected chi connectivity index (χ0v) is 13.4. The van der Waals surface area contributed by atoms with E-state index < -0.39 is 10.0 Å². The van der Waals surface area contributed by atoms with E-state index in [1.54, 1.807) is 22.6 Å². The Bertz CT molecular complexity index is 708. The summed E-state index contributed by atoms with van der Waals surface area (Å²) >= 11 is 0. The van der Waals surface area contributed by atoms with E-state index in [0.717, 1.165) is 12.8 Å². The van der Waals surface area contributed by atoms with E-state index >= 15 is 0 Å². The number of nitrogens with zero attached hydrogens (tertiary/aromatic N) is 2. The minimum Gasteiger partial charge on any atom is -0.345 e. The molecule has 0 bridgehead atoms. The van der Waals surface area contributed by atoms with Crippen LogP contribution in [0.5, 0.6) is 0 Å². The predicted octanol–water partition coefficient (Wildman–Crippen LogP) is 1.36. The highest BCUT2D eigenvalue weighted by Crippen LogP contribution is 2.26. The van der Waals surface area contributed by atoms with Crippen molar-refractivity contribution < 1.29 is 8.42 Å². The number of nitrogens with one attached hydrogen (secondary N) is 2. The fraction of sp³-hybridized carbons (Fsp3) is 0.462. The number of hydrogen-bond donors (Lipinski definition) is 2. The molecule has 0 unspecified atom stereocenters. The molecule has 1 fully saturated rings. The van der Waals surface area contributed by atoms with Gasteiger partial charge in [-0.05, 0) is 32.0 Å². The van der Waals surface area contributed by atoms with Crippen LogP contribution in [0.1, 0.15) is 12.8 Å². The van der Waals surface area contributed by atoms with Gasteiger partial charge in [0.1, 0.15) is 10.5 Å². The molecule has 0 aromatic carbocycles. The highest BCUT2D eigenvalue weighted by atomic mass is 35.5. The lowest BCUT2D eigenvalue weighted by molar-refractivity contribution is 0.298. The number of hydrogen-bond acceptors (Lipinski definition) is 4. The van der Waals surface area contributed by atoms with Crippen LogP contribution in [0, 0.1) is 0 Å². The molecule has 0 atom stereocenters. The fourth-order valence-corrected chi connectivity index (χ4v) is 4.29.